The van der Waals surface area contributed by atoms with Crippen LogP contribution in [-0.2, 0) is 9.47 Å². The van der Waals surface area contributed by atoms with Crippen LogP contribution < -0.4 is 0 Å². The fourth-order valence-corrected chi connectivity index (χ4v) is 0.801. The van der Waals surface area contributed by atoms with Gasteiger partial charge in [-0.3, -0.25) is 0 Å². The maximum absolute atomic E-state index is 5.32. The van der Waals surface area contributed by atoms with Crippen molar-refractivity contribution in [1.29, 1.82) is 0 Å². The first-order chi connectivity index (χ1) is 5.70. The van der Waals surface area contributed by atoms with Gasteiger partial charge in [-0.05, 0) is 25.8 Å². The summed E-state index contributed by atoms with van der Waals surface area (Å²) in [5.74, 6) is 0.549. The Morgan fingerprint density at radius 2 is 1.50 bits per heavy atom. The Labute approximate surface area is 75.6 Å². The molecule has 0 unspecified atom stereocenters. The van der Waals surface area contributed by atoms with E-state index in [1.54, 1.807) is 0 Å². The van der Waals surface area contributed by atoms with E-state index < -0.39 is 0 Å². The van der Waals surface area contributed by atoms with Gasteiger partial charge in [0.25, 0.3) is 0 Å². The molecule has 0 aliphatic rings. The van der Waals surface area contributed by atoms with Crippen molar-refractivity contribution in [3.05, 3.63) is 12.2 Å². The van der Waals surface area contributed by atoms with Gasteiger partial charge in [0, 0.05) is 13.2 Å². The lowest BCUT2D eigenvalue weighted by Gasteiger charge is -2.12. The highest BCUT2D eigenvalue weighted by Gasteiger charge is 2.01. The molecule has 0 N–H and O–H groups in total. The Hall–Kier alpha value is -0.340. The molecule has 0 radical (unpaired) electrons. The zero-order valence-corrected chi connectivity index (χ0v) is 8.54. The van der Waals surface area contributed by atoms with E-state index in [2.05, 4.69) is 19.9 Å². The summed E-state index contributed by atoms with van der Waals surface area (Å²) in [6.45, 7) is 9.57. The largest absolute Gasteiger partial charge is 0.349 e. The molecule has 0 saturated heterocycles. The molecule has 0 aliphatic heterocycles. The third kappa shape index (κ3) is 6.38. The van der Waals surface area contributed by atoms with E-state index in [0.717, 1.165) is 0 Å². The predicted octanol–water partition coefficient (Wildman–Crippen LogP) is 2.60. The molecule has 0 saturated carbocycles. The molecule has 2 nitrogen and oxygen atoms in total. The number of rotatable bonds is 6. The van der Waals surface area contributed by atoms with Crippen LogP contribution >= 0.6 is 0 Å². The zero-order chi connectivity index (χ0) is 9.40. The molecule has 12 heavy (non-hydrogen) atoms. The van der Waals surface area contributed by atoms with Crippen molar-refractivity contribution in [3.63, 3.8) is 0 Å². The fourth-order valence-electron chi connectivity index (χ4n) is 0.801. The minimum atomic E-state index is -0.164. The van der Waals surface area contributed by atoms with Gasteiger partial charge in [0.15, 0.2) is 6.29 Å². The molecular formula is C10H20O2. The molecule has 0 heterocycles. The number of ether oxygens (including phenoxy) is 2. The molecule has 0 amide bonds. The van der Waals surface area contributed by atoms with Crippen LogP contribution in [0.2, 0.25) is 0 Å². The number of hydrogen-bond acceptors (Lipinski definition) is 2. The maximum atomic E-state index is 5.32. The molecule has 0 aromatic carbocycles. The summed E-state index contributed by atoms with van der Waals surface area (Å²) in [7, 11) is 0. The van der Waals surface area contributed by atoms with E-state index in [-0.39, 0.29) is 6.29 Å². The molecule has 0 fully saturated rings. The Morgan fingerprint density at radius 1 is 1.00 bits per heavy atom. The van der Waals surface area contributed by atoms with Gasteiger partial charge in [-0.2, -0.15) is 0 Å². The van der Waals surface area contributed by atoms with Crippen molar-refractivity contribution in [3.8, 4) is 0 Å². The molecule has 72 valence electrons. The monoisotopic (exact) mass is 172 g/mol. The van der Waals surface area contributed by atoms with Gasteiger partial charge >= 0.3 is 0 Å². The first-order valence-corrected chi connectivity index (χ1v) is 4.62. The van der Waals surface area contributed by atoms with Crippen molar-refractivity contribution >= 4 is 0 Å². The SMILES string of the molecule is CCOC(C=CC(C)C)OCC. The fraction of sp³-hybridized carbons (Fsp3) is 0.800. The third-order valence-electron chi connectivity index (χ3n) is 1.32. The number of allylic oxidation sites excluding steroid dienone is 1. The smallest absolute Gasteiger partial charge is 0.176 e. The van der Waals surface area contributed by atoms with Gasteiger partial charge in [0.2, 0.25) is 0 Å². The van der Waals surface area contributed by atoms with Crippen molar-refractivity contribution in [2.24, 2.45) is 5.92 Å². The summed E-state index contributed by atoms with van der Waals surface area (Å²) in [6, 6.07) is 0. The average molecular weight is 172 g/mol. The minimum absolute atomic E-state index is 0.164. The first-order valence-electron chi connectivity index (χ1n) is 4.62. The van der Waals surface area contributed by atoms with Crippen LogP contribution in [-0.4, -0.2) is 19.5 Å². The molecule has 0 spiro atoms. The van der Waals surface area contributed by atoms with Crippen molar-refractivity contribution in [1.82, 2.24) is 0 Å². The second-order valence-corrected chi connectivity index (χ2v) is 2.91. The van der Waals surface area contributed by atoms with Gasteiger partial charge in [-0.25, -0.2) is 0 Å². The Balaban J connectivity index is 3.76. The van der Waals surface area contributed by atoms with Crippen molar-refractivity contribution in [2.45, 2.75) is 34.0 Å². The second-order valence-electron chi connectivity index (χ2n) is 2.91. The third-order valence-corrected chi connectivity index (χ3v) is 1.32. The van der Waals surface area contributed by atoms with E-state index >= 15 is 0 Å². The first kappa shape index (κ1) is 11.7. The van der Waals surface area contributed by atoms with E-state index in [1.807, 2.05) is 19.9 Å². The molecule has 0 aromatic rings. The van der Waals surface area contributed by atoms with E-state index in [1.165, 1.54) is 0 Å². The normalized spacial score (nSPS) is 12.2. The standard InChI is InChI=1S/C10H20O2/c1-5-11-10(12-6-2)8-7-9(3)4/h7-10H,5-6H2,1-4H3. The highest BCUT2D eigenvalue weighted by Crippen LogP contribution is 2.01. The van der Waals surface area contributed by atoms with Gasteiger partial charge in [-0.15, -0.1) is 0 Å². The van der Waals surface area contributed by atoms with Crippen LogP contribution in [0.25, 0.3) is 0 Å². The van der Waals surface area contributed by atoms with Crippen LogP contribution in [0.15, 0.2) is 12.2 Å². The quantitative estimate of drug-likeness (QED) is 0.453. The molecule has 2 heteroatoms. The predicted molar refractivity (Wildman–Crippen MR) is 51.0 cm³/mol. The Bertz CT molecular complexity index is 113. The molecule has 0 aliphatic carbocycles. The molecule has 0 bridgehead atoms. The number of hydrogen-bond donors (Lipinski definition) is 0. The summed E-state index contributed by atoms with van der Waals surface area (Å²) < 4.78 is 10.6. The van der Waals surface area contributed by atoms with Gasteiger partial charge in [-0.1, -0.05) is 19.9 Å². The lowest BCUT2D eigenvalue weighted by atomic mass is 10.2. The summed E-state index contributed by atoms with van der Waals surface area (Å²) >= 11 is 0. The van der Waals surface area contributed by atoms with Gasteiger partial charge in [0.05, 0.1) is 0 Å². The summed E-state index contributed by atoms with van der Waals surface area (Å²) in [5.41, 5.74) is 0. The van der Waals surface area contributed by atoms with Crippen LogP contribution in [0.5, 0.6) is 0 Å². The van der Waals surface area contributed by atoms with Gasteiger partial charge < -0.3 is 9.47 Å². The summed E-state index contributed by atoms with van der Waals surface area (Å²) in [6.07, 6.45) is 3.90. The zero-order valence-electron chi connectivity index (χ0n) is 8.54. The maximum Gasteiger partial charge on any atom is 0.176 e. The lowest BCUT2D eigenvalue weighted by molar-refractivity contribution is -0.104. The lowest BCUT2D eigenvalue weighted by Crippen LogP contribution is -2.14. The average Bonchev–Trinajstić information content (AvgIpc) is 2.01. The topological polar surface area (TPSA) is 18.5 Å². The van der Waals surface area contributed by atoms with Crippen LogP contribution in [0.3, 0.4) is 0 Å². The Kier molecular flexibility index (Phi) is 7.11. The highest BCUT2D eigenvalue weighted by molar-refractivity contribution is 4.87. The molecular weight excluding hydrogens is 152 g/mol. The summed E-state index contributed by atoms with van der Waals surface area (Å²) in [4.78, 5) is 0. The summed E-state index contributed by atoms with van der Waals surface area (Å²) in [5, 5.41) is 0. The highest BCUT2D eigenvalue weighted by atomic mass is 16.7. The van der Waals surface area contributed by atoms with E-state index in [9.17, 15) is 0 Å². The molecule has 0 atom stereocenters. The van der Waals surface area contributed by atoms with E-state index in [4.69, 9.17) is 9.47 Å². The van der Waals surface area contributed by atoms with Crippen LogP contribution in [0.4, 0.5) is 0 Å². The Morgan fingerprint density at radius 3 is 1.83 bits per heavy atom. The minimum Gasteiger partial charge on any atom is -0.349 e. The van der Waals surface area contributed by atoms with Crippen LogP contribution in [0.1, 0.15) is 27.7 Å². The van der Waals surface area contributed by atoms with Crippen molar-refractivity contribution in [2.75, 3.05) is 13.2 Å². The molecule has 0 rings (SSSR count). The second kappa shape index (κ2) is 7.32. The van der Waals surface area contributed by atoms with Crippen molar-refractivity contribution < 1.29 is 9.47 Å². The van der Waals surface area contributed by atoms with E-state index in [0.29, 0.717) is 19.1 Å². The molecule has 0 aromatic heterocycles. The van der Waals surface area contributed by atoms with Gasteiger partial charge in [0.1, 0.15) is 0 Å². The van der Waals surface area contributed by atoms with Crippen LogP contribution in [0, 0.1) is 5.92 Å².